The summed E-state index contributed by atoms with van der Waals surface area (Å²) < 4.78 is 43.9. The lowest BCUT2D eigenvalue weighted by atomic mass is 10.1. The molecule has 0 spiro atoms. The Bertz CT molecular complexity index is 1220. The number of ether oxygens (including phenoxy) is 1. The van der Waals surface area contributed by atoms with E-state index in [0.717, 1.165) is 0 Å². The van der Waals surface area contributed by atoms with Crippen LogP contribution in [-0.4, -0.2) is 60.6 Å². The van der Waals surface area contributed by atoms with E-state index in [1.807, 2.05) is 25.3 Å². The van der Waals surface area contributed by atoms with E-state index in [4.69, 9.17) is 0 Å². The monoisotopic (exact) mass is 493 g/mol. The van der Waals surface area contributed by atoms with Crippen molar-refractivity contribution in [1.29, 1.82) is 0 Å². The first-order valence-corrected chi connectivity index (χ1v) is 11.0. The minimum Gasteiger partial charge on any atom is -0.465 e. The van der Waals surface area contributed by atoms with Crippen LogP contribution < -0.4 is 15.4 Å². The minimum absolute atomic E-state index is 0.134. The highest BCUT2D eigenvalue weighted by atomic mass is 19.4. The van der Waals surface area contributed by atoms with Crippen LogP contribution in [0.3, 0.4) is 0 Å². The number of hydrogen-bond donors (Lipinski definition) is 3. The quantitative estimate of drug-likeness (QED) is 0.455. The summed E-state index contributed by atoms with van der Waals surface area (Å²) in [6, 6.07) is 5.33. The number of carboxylic acid groups (broad SMARTS) is 1. The second-order valence-electron chi connectivity index (χ2n) is 9.28. The number of piperidine rings is 1. The Labute approximate surface area is 199 Å². The predicted octanol–water partition coefficient (Wildman–Crippen LogP) is 4.99. The topological polar surface area (TPSA) is 117 Å². The van der Waals surface area contributed by atoms with Crippen LogP contribution in [0.2, 0.25) is 0 Å². The highest BCUT2D eigenvalue weighted by Crippen LogP contribution is 2.33. The van der Waals surface area contributed by atoms with Gasteiger partial charge in [0, 0.05) is 36.4 Å². The van der Waals surface area contributed by atoms with Gasteiger partial charge in [0.15, 0.2) is 5.65 Å². The number of likely N-dealkylation sites (tertiary alicyclic amines) is 1. The molecule has 0 saturated carbocycles. The van der Waals surface area contributed by atoms with Crippen LogP contribution in [0.1, 0.15) is 39.7 Å². The second-order valence-corrected chi connectivity index (χ2v) is 9.28. The summed E-state index contributed by atoms with van der Waals surface area (Å²) in [5.74, 6) is 0.401. The molecule has 10 nitrogen and oxygen atoms in total. The van der Waals surface area contributed by atoms with Gasteiger partial charge >= 0.3 is 12.5 Å². The van der Waals surface area contributed by atoms with E-state index in [9.17, 15) is 23.1 Å². The number of nitrogens with one attached hydrogen (secondary N) is 2. The van der Waals surface area contributed by atoms with Crippen molar-refractivity contribution in [1.82, 2.24) is 24.4 Å². The van der Waals surface area contributed by atoms with Crippen molar-refractivity contribution in [2.24, 2.45) is 0 Å². The third-order valence-electron chi connectivity index (χ3n) is 5.34. The van der Waals surface area contributed by atoms with E-state index in [1.165, 1.54) is 23.1 Å². The fourth-order valence-electron chi connectivity index (χ4n) is 3.94. The van der Waals surface area contributed by atoms with Crippen molar-refractivity contribution < 1.29 is 27.8 Å². The van der Waals surface area contributed by atoms with Gasteiger partial charge in [0.2, 0.25) is 11.9 Å². The van der Waals surface area contributed by atoms with Crippen molar-refractivity contribution in [3.05, 3.63) is 30.5 Å². The lowest BCUT2D eigenvalue weighted by Gasteiger charge is -2.31. The van der Waals surface area contributed by atoms with E-state index >= 15 is 0 Å². The molecule has 13 heteroatoms. The Hall–Kier alpha value is -3.77. The van der Waals surface area contributed by atoms with Gasteiger partial charge in [-0.3, -0.25) is 4.57 Å². The highest BCUT2D eigenvalue weighted by Gasteiger charge is 2.31. The molecule has 3 heterocycles. The fraction of sp³-hybridized carbons (Fsp3) is 0.455. The summed E-state index contributed by atoms with van der Waals surface area (Å²) in [4.78, 5) is 26.3. The number of anilines is 3. The molecule has 2 aromatic heterocycles. The third-order valence-corrected chi connectivity index (χ3v) is 5.34. The molecule has 1 aromatic carbocycles. The van der Waals surface area contributed by atoms with Crippen molar-refractivity contribution in [2.45, 2.75) is 51.6 Å². The third kappa shape index (κ3) is 6.03. The highest BCUT2D eigenvalue weighted by molar-refractivity contribution is 5.77. The average molecular weight is 493 g/mol. The first-order valence-electron chi connectivity index (χ1n) is 11.0. The van der Waals surface area contributed by atoms with Gasteiger partial charge in [-0.15, -0.1) is 13.2 Å². The molecule has 1 aliphatic heterocycles. The lowest BCUT2D eigenvalue weighted by Crippen LogP contribution is -2.38. The standard InChI is InChI=1S/C22H26F3N7O3/c1-21(2,3)30-18-26-12-16-17(29-18)32(14-7-9-31(10-8-14)20(33)34)19(28-16)27-13-5-4-6-15(11-13)35-22(23,24)25/h4-6,11-12,14H,7-10H2,1-3H3,(H,27,28)(H,33,34)(H,26,29,30). The zero-order chi connectivity index (χ0) is 25.4. The Balaban J connectivity index is 1.71. The molecule has 1 amide bonds. The number of hydrogen-bond acceptors (Lipinski definition) is 7. The largest absolute Gasteiger partial charge is 0.573 e. The molecule has 0 atom stereocenters. The minimum atomic E-state index is -4.81. The average Bonchev–Trinajstić information content (AvgIpc) is 3.08. The Kier molecular flexibility index (Phi) is 6.34. The van der Waals surface area contributed by atoms with E-state index in [-0.39, 0.29) is 17.3 Å². The Morgan fingerprint density at radius 3 is 2.51 bits per heavy atom. The van der Waals surface area contributed by atoms with Crippen molar-refractivity contribution in [2.75, 3.05) is 23.7 Å². The molecular weight excluding hydrogens is 467 g/mol. The van der Waals surface area contributed by atoms with Crippen LogP contribution in [0, 0.1) is 0 Å². The molecule has 0 radical (unpaired) electrons. The van der Waals surface area contributed by atoms with Gasteiger partial charge in [-0.05, 0) is 45.7 Å². The van der Waals surface area contributed by atoms with Crippen LogP contribution >= 0.6 is 0 Å². The van der Waals surface area contributed by atoms with Crippen LogP contribution in [0.4, 0.5) is 35.5 Å². The zero-order valence-corrected chi connectivity index (χ0v) is 19.4. The number of carbonyl (C=O) groups is 1. The molecule has 1 aliphatic rings. The number of imidazole rings is 1. The molecule has 4 rings (SSSR count). The van der Waals surface area contributed by atoms with E-state index < -0.39 is 12.5 Å². The van der Waals surface area contributed by atoms with Gasteiger partial charge in [-0.2, -0.15) is 4.98 Å². The van der Waals surface area contributed by atoms with Gasteiger partial charge in [-0.1, -0.05) is 6.07 Å². The summed E-state index contributed by atoms with van der Waals surface area (Å²) >= 11 is 0. The van der Waals surface area contributed by atoms with Gasteiger partial charge in [0.1, 0.15) is 11.3 Å². The first kappa shape index (κ1) is 24.4. The molecule has 188 valence electrons. The zero-order valence-electron chi connectivity index (χ0n) is 19.4. The normalized spacial score (nSPS) is 15.3. The van der Waals surface area contributed by atoms with Crippen molar-refractivity contribution in [3.63, 3.8) is 0 Å². The summed E-state index contributed by atoms with van der Waals surface area (Å²) in [7, 11) is 0. The van der Waals surface area contributed by atoms with Gasteiger partial charge < -0.3 is 25.4 Å². The number of nitrogens with zero attached hydrogens (tertiary/aromatic N) is 5. The van der Waals surface area contributed by atoms with E-state index in [2.05, 4.69) is 30.3 Å². The summed E-state index contributed by atoms with van der Waals surface area (Å²) in [5, 5.41) is 15.6. The maximum atomic E-state index is 12.7. The molecule has 3 N–H and O–H groups in total. The molecule has 1 fully saturated rings. The molecule has 0 unspecified atom stereocenters. The van der Waals surface area contributed by atoms with E-state index in [0.29, 0.717) is 54.7 Å². The van der Waals surface area contributed by atoms with Gasteiger partial charge in [-0.25, -0.2) is 14.8 Å². The number of benzene rings is 1. The van der Waals surface area contributed by atoms with Gasteiger partial charge in [0.25, 0.3) is 0 Å². The predicted molar refractivity (Wildman–Crippen MR) is 123 cm³/mol. The van der Waals surface area contributed by atoms with Gasteiger partial charge in [0.05, 0.1) is 6.20 Å². The number of fused-ring (bicyclic) bond motifs is 1. The van der Waals surface area contributed by atoms with Crippen LogP contribution in [-0.2, 0) is 0 Å². The maximum Gasteiger partial charge on any atom is 0.573 e. The molecule has 3 aromatic rings. The molecule has 1 saturated heterocycles. The summed E-state index contributed by atoms with van der Waals surface area (Å²) in [6.45, 7) is 6.60. The van der Waals surface area contributed by atoms with Crippen molar-refractivity contribution in [3.8, 4) is 5.75 Å². The molecule has 0 aliphatic carbocycles. The maximum absolute atomic E-state index is 12.7. The number of aromatic nitrogens is 4. The van der Waals surface area contributed by atoms with Crippen molar-refractivity contribution >= 4 is 34.8 Å². The summed E-state index contributed by atoms with van der Waals surface area (Å²) in [6.07, 6.45) is -3.16. The molecular formula is C22H26F3N7O3. The molecule has 35 heavy (non-hydrogen) atoms. The lowest BCUT2D eigenvalue weighted by molar-refractivity contribution is -0.274. The number of alkyl halides is 3. The van der Waals surface area contributed by atoms with Crippen LogP contribution in [0.25, 0.3) is 11.2 Å². The van der Waals surface area contributed by atoms with Crippen LogP contribution in [0.5, 0.6) is 5.75 Å². The number of amides is 1. The van der Waals surface area contributed by atoms with Crippen LogP contribution in [0.15, 0.2) is 30.5 Å². The number of rotatable bonds is 5. The van der Waals surface area contributed by atoms with E-state index in [1.54, 1.807) is 12.3 Å². The fourth-order valence-corrected chi connectivity index (χ4v) is 3.94. The SMILES string of the molecule is CC(C)(C)Nc1ncc2nc(Nc3cccc(OC(F)(F)F)c3)n(C3CCN(C(=O)O)CC3)c2n1. The Morgan fingerprint density at radius 2 is 1.89 bits per heavy atom. The smallest absolute Gasteiger partial charge is 0.465 e. The number of halogens is 3. The Morgan fingerprint density at radius 1 is 1.17 bits per heavy atom. The molecule has 0 bridgehead atoms. The summed E-state index contributed by atoms with van der Waals surface area (Å²) in [5.41, 5.74) is 1.08. The second kappa shape index (κ2) is 9.12. The first-order chi connectivity index (χ1) is 16.4.